The Morgan fingerprint density at radius 3 is 1.35 bits per heavy atom. The van der Waals surface area contributed by atoms with Gasteiger partial charge in [0, 0.05) is 0 Å². The lowest BCUT2D eigenvalue weighted by Gasteiger charge is -2.08. The third kappa shape index (κ3) is 16.0. The maximum absolute atomic E-state index is 2.55. The van der Waals surface area contributed by atoms with Gasteiger partial charge < -0.3 is 0 Å². The SMILES string of the molecule is CCCCCCCCCCCCCn1cc[n+](CCCCCCCCCCCCC)c1C(C)C. The Labute approximate surface area is 215 Å². The maximum atomic E-state index is 2.55. The first-order valence-electron chi connectivity index (χ1n) is 15.8. The molecule has 0 radical (unpaired) electrons. The maximum Gasteiger partial charge on any atom is 0.258 e. The minimum absolute atomic E-state index is 0.607. The van der Waals surface area contributed by atoms with Gasteiger partial charge in [0.15, 0.2) is 0 Å². The molecular formula is C32H63N2+. The second-order valence-electron chi connectivity index (χ2n) is 11.3. The quantitative estimate of drug-likeness (QED) is 0.0981. The molecule has 2 heteroatoms. The third-order valence-corrected chi connectivity index (χ3v) is 7.54. The van der Waals surface area contributed by atoms with E-state index in [1.165, 1.54) is 154 Å². The fraction of sp³-hybridized carbons (Fsp3) is 0.906. The van der Waals surface area contributed by atoms with Crippen molar-refractivity contribution in [2.75, 3.05) is 0 Å². The lowest BCUT2D eigenvalue weighted by atomic mass is 10.1. The van der Waals surface area contributed by atoms with Gasteiger partial charge in [-0.2, -0.15) is 0 Å². The summed E-state index contributed by atoms with van der Waals surface area (Å²) >= 11 is 0. The van der Waals surface area contributed by atoms with Crippen LogP contribution in [0.4, 0.5) is 0 Å². The number of nitrogens with zero attached hydrogens (tertiary/aromatic N) is 2. The Balaban J connectivity index is 2.11. The molecule has 0 aliphatic heterocycles. The van der Waals surface area contributed by atoms with Crippen LogP contribution < -0.4 is 4.57 Å². The molecule has 0 aliphatic rings. The van der Waals surface area contributed by atoms with Gasteiger partial charge in [0.2, 0.25) is 0 Å². The first kappa shape index (κ1) is 31.2. The minimum Gasteiger partial charge on any atom is -0.234 e. The molecular weight excluding hydrogens is 412 g/mol. The molecule has 0 saturated carbocycles. The lowest BCUT2D eigenvalue weighted by molar-refractivity contribution is -0.705. The Kier molecular flexibility index (Phi) is 20.8. The van der Waals surface area contributed by atoms with Crippen molar-refractivity contribution in [1.29, 1.82) is 0 Å². The topological polar surface area (TPSA) is 8.81 Å². The summed E-state index contributed by atoms with van der Waals surface area (Å²) in [5.74, 6) is 2.15. The number of hydrogen-bond acceptors (Lipinski definition) is 0. The average Bonchev–Trinajstić information content (AvgIpc) is 3.24. The third-order valence-electron chi connectivity index (χ3n) is 7.54. The van der Waals surface area contributed by atoms with Crippen molar-refractivity contribution in [3.63, 3.8) is 0 Å². The molecule has 200 valence electrons. The predicted octanol–water partition coefficient (Wildman–Crippen LogP) is 10.5. The van der Waals surface area contributed by atoms with Crippen molar-refractivity contribution >= 4 is 0 Å². The number of rotatable bonds is 25. The zero-order valence-corrected chi connectivity index (χ0v) is 24.1. The summed E-state index contributed by atoms with van der Waals surface area (Å²) in [5.41, 5.74) is 0. The van der Waals surface area contributed by atoms with E-state index in [9.17, 15) is 0 Å². The second-order valence-corrected chi connectivity index (χ2v) is 11.3. The standard InChI is InChI=1S/C32H63N2/c1-5-7-9-11-13-15-17-19-21-23-25-27-33-29-30-34(32(33)31(3)4)28-26-24-22-20-18-16-14-12-10-8-6-2/h29-31H,5-28H2,1-4H3/q+1. The zero-order chi connectivity index (χ0) is 24.7. The molecule has 0 spiro atoms. The van der Waals surface area contributed by atoms with E-state index in [1.54, 1.807) is 5.82 Å². The van der Waals surface area contributed by atoms with Gasteiger partial charge in [0.1, 0.15) is 12.4 Å². The van der Waals surface area contributed by atoms with E-state index in [0.29, 0.717) is 5.92 Å². The van der Waals surface area contributed by atoms with Gasteiger partial charge in [-0.15, -0.1) is 0 Å². The molecule has 0 bridgehead atoms. The van der Waals surface area contributed by atoms with Crippen LogP contribution in [0.15, 0.2) is 12.4 Å². The van der Waals surface area contributed by atoms with E-state index in [-0.39, 0.29) is 0 Å². The van der Waals surface area contributed by atoms with E-state index in [0.717, 1.165) is 0 Å². The summed E-state index contributed by atoms with van der Waals surface area (Å²) in [7, 11) is 0. The molecule has 1 rings (SSSR count). The Hall–Kier alpha value is -0.790. The van der Waals surface area contributed by atoms with Gasteiger partial charge in [-0.1, -0.05) is 143 Å². The van der Waals surface area contributed by atoms with Crippen molar-refractivity contribution < 1.29 is 4.57 Å². The van der Waals surface area contributed by atoms with Crippen LogP contribution in [-0.4, -0.2) is 4.57 Å². The summed E-state index contributed by atoms with van der Waals surface area (Å²) < 4.78 is 5.11. The van der Waals surface area contributed by atoms with Gasteiger partial charge in [-0.05, 0) is 25.7 Å². The van der Waals surface area contributed by atoms with Crippen LogP contribution in [0.3, 0.4) is 0 Å². The molecule has 0 unspecified atom stereocenters. The van der Waals surface area contributed by atoms with E-state index in [4.69, 9.17) is 0 Å². The molecule has 0 fully saturated rings. The largest absolute Gasteiger partial charge is 0.258 e. The predicted molar refractivity (Wildman–Crippen MR) is 152 cm³/mol. The summed E-state index contributed by atoms with van der Waals surface area (Å²) in [6.45, 7) is 11.7. The summed E-state index contributed by atoms with van der Waals surface area (Å²) in [6.07, 6.45) is 36.0. The molecule has 2 nitrogen and oxygen atoms in total. The number of hydrogen-bond donors (Lipinski definition) is 0. The normalized spacial score (nSPS) is 11.7. The van der Waals surface area contributed by atoms with Gasteiger partial charge in [0.05, 0.1) is 19.0 Å². The molecule has 0 atom stereocenters. The fourth-order valence-corrected chi connectivity index (χ4v) is 5.41. The average molecular weight is 476 g/mol. The highest BCUT2D eigenvalue weighted by molar-refractivity contribution is 4.89. The number of unbranched alkanes of at least 4 members (excludes halogenated alkanes) is 20. The molecule has 0 aliphatic carbocycles. The van der Waals surface area contributed by atoms with E-state index < -0.39 is 0 Å². The Morgan fingerprint density at radius 2 is 0.941 bits per heavy atom. The highest BCUT2D eigenvalue weighted by Gasteiger charge is 2.19. The van der Waals surface area contributed by atoms with Crippen molar-refractivity contribution in [3.05, 3.63) is 18.2 Å². The van der Waals surface area contributed by atoms with Gasteiger partial charge in [-0.25, -0.2) is 9.13 Å². The van der Waals surface area contributed by atoms with Gasteiger partial charge in [0.25, 0.3) is 5.82 Å². The molecule has 0 saturated heterocycles. The van der Waals surface area contributed by atoms with Gasteiger partial charge in [-0.3, -0.25) is 0 Å². The molecule has 1 heterocycles. The minimum atomic E-state index is 0.607. The first-order valence-corrected chi connectivity index (χ1v) is 15.8. The number of aromatic nitrogens is 2. The number of imidazole rings is 1. The summed E-state index contributed by atoms with van der Waals surface area (Å²) in [5, 5.41) is 0. The van der Waals surface area contributed by atoms with Crippen LogP contribution in [0.25, 0.3) is 0 Å². The Bertz CT molecular complexity index is 502. The van der Waals surface area contributed by atoms with Crippen LogP contribution in [0, 0.1) is 0 Å². The summed E-state index contributed by atoms with van der Waals surface area (Å²) in [4.78, 5) is 0. The molecule has 34 heavy (non-hydrogen) atoms. The van der Waals surface area contributed by atoms with Gasteiger partial charge >= 0.3 is 0 Å². The zero-order valence-electron chi connectivity index (χ0n) is 24.1. The first-order chi connectivity index (χ1) is 16.7. The highest BCUT2D eigenvalue weighted by atomic mass is 15.1. The van der Waals surface area contributed by atoms with Crippen molar-refractivity contribution in [1.82, 2.24) is 4.57 Å². The molecule has 0 amide bonds. The lowest BCUT2D eigenvalue weighted by Crippen LogP contribution is -2.38. The van der Waals surface area contributed by atoms with E-state index >= 15 is 0 Å². The molecule has 1 aromatic rings. The van der Waals surface area contributed by atoms with Crippen LogP contribution in [0.5, 0.6) is 0 Å². The molecule has 0 N–H and O–H groups in total. The monoisotopic (exact) mass is 475 g/mol. The summed E-state index contributed by atoms with van der Waals surface area (Å²) in [6, 6.07) is 0. The molecule has 0 aromatic carbocycles. The van der Waals surface area contributed by atoms with Crippen LogP contribution in [0.1, 0.15) is 181 Å². The smallest absolute Gasteiger partial charge is 0.234 e. The molecule has 1 aromatic heterocycles. The van der Waals surface area contributed by atoms with E-state index in [2.05, 4.69) is 49.2 Å². The van der Waals surface area contributed by atoms with Crippen LogP contribution in [0.2, 0.25) is 0 Å². The van der Waals surface area contributed by atoms with E-state index in [1.807, 2.05) is 0 Å². The Morgan fingerprint density at radius 1 is 0.559 bits per heavy atom. The van der Waals surface area contributed by atoms with Crippen LogP contribution in [-0.2, 0) is 13.1 Å². The second kappa shape index (κ2) is 22.7. The number of aryl methyl sites for hydroxylation is 2. The fourth-order valence-electron chi connectivity index (χ4n) is 5.41. The highest BCUT2D eigenvalue weighted by Crippen LogP contribution is 2.15. The van der Waals surface area contributed by atoms with Crippen molar-refractivity contribution in [2.45, 2.75) is 188 Å². The van der Waals surface area contributed by atoms with Crippen molar-refractivity contribution in [3.8, 4) is 0 Å². The van der Waals surface area contributed by atoms with Crippen LogP contribution >= 0.6 is 0 Å². The van der Waals surface area contributed by atoms with Crippen molar-refractivity contribution in [2.24, 2.45) is 0 Å².